The van der Waals surface area contributed by atoms with Gasteiger partial charge in [-0.25, -0.2) is 0 Å². The van der Waals surface area contributed by atoms with Gasteiger partial charge in [-0.15, -0.1) is 0 Å². The van der Waals surface area contributed by atoms with Gasteiger partial charge in [-0.2, -0.15) is 5.10 Å². The zero-order valence-corrected chi connectivity index (χ0v) is 15.6. The number of non-ortho nitro benzene ring substituents is 1. The molecule has 2 aromatic rings. The van der Waals surface area contributed by atoms with Crippen molar-refractivity contribution in [2.75, 3.05) is 12.5 Å². The molecule has 1 atom stereocenters. The molecule has 2 rings (SSSR count). The Kier molecular flexibility index (Phi) is 6.85. The molecule has 0 unspecified atom stereocenters. The van der Waals surface area contributed by atoms with Gasteiger partial charge in [0.05, 0.1) is 35.3 Å². The molecule has 0 aliphatic carbocycles. The second kappa shape index (κ2) is 9.31. The van der Waals surface area contributed by atoms with Crippen LogP contribution in [0.15, 0.2) is 41.5 Å². The van der Waals surface area contributed by atoms with E-state index in [9.17, 15) is 20.2 Å². The first-order valence-corrected chi connectivity index (χ1v) is 8.42. The molecule has 1 N–H and O–H groups in total. The van der Waals surface area contributed by atoms with Crippen molar-refractivity contribution in [3.05, 3.63) is 62.2 Å². The van der Waals surface area contributed by atoms with E-state index in [0.717, 1.165) is 18.6 Å². The van der Waals surface area contributed by atoms with Gasteiger partial charge in [-0.1, -0.05) is 6.92 Å². The summed E-state index contributed by atoms with van der Waals surface area (Å²) >= 11 is 0. The molecule has 0 amide bonds. The van der Waals surface area contributed by atoms with Gasteiger partial charge in [0.15, 0.2) is 11.5 Å². The molecule has 0 radical (unpaired) electrons. The van der Waals surface area contributed by atoms with Crippen LogP contribution >= 0.6 is 0 Å². The lowest BCUT2D eigenvalue weighted by molar-refractivity contribution is -0.393. The lowest BCUT2D eigenvalue weighted by atomic mass is 10.2. The molecule has 0 fully saturated rings. The number of hydrogen-bond acceptors (Lipinski definition) is 8. The summed E-state index contributed by atoms with van der Waals surface area (Å²) < 4.78 is 11.1. The predicted molar refractivity (Wildman–Crippen MR) is 104 cm³/mol. The maximum absolute atomic E-state index is 11.1. The van der Waals surface area contributed by atoms with Crippen molar-refractivity contribution >= 4 is 23.3 Å². The van der Waals surface area contributed by atoms with Gasteiger partial charge in [0.1, 0.15) is 5.69 Å². The van der Waals surface area contributed by atoms with Crippen LogP contribution in [0.4, 0.5) is 17.1 Å². The Hall–Kier alpha value is -3.69. The van der Waals surface area contributed by atoms with Crippen LogP contribution in [0.1, 0.15) is 25.8 Å². The van der Waals surface area contributed by atoms with Crippen LogP contribution in [0.2, 0.25) is 0 Å². The first-order chi connectivity index (χ1) is 13.3. The third kappa shape index (κ3) is 5.16. The molecule has 10 heteroatoms. The van der Waals surface area contributed by atoms with E-state index in [1.165, 1.54) is 19.4 Å². The number of benzene rings is 2. The Balaban J connectivity index is 2.18. The fourth-order valence-corrected chi connectivity index (χ4v) is 2.22. The average molecular weight is 388 g/mol. The number of nitrogens with zero attached hydrogens (tertiary/aromatic N) is 3. The minimum Gasteiger partial charge on any atom is -0.493 e. The molecule has 2 aromatic carbocycles. The van der Waals surface area contributed by atoms with E-state index in [4.69, 9.17) is 9.47 Å². The number of nitro benzene ring substituents is 2. The van der Waals surface area contributed by atoms with Gasteiger partial charge in [0.25, 0.3) is 5.69 Å². The van der Waals surface area contributed by atoms with Crippen molar-refractivity contribution in [2.45, 2.75) is 26.4 Å². The second-order valence-corrected chi connectivity index (χ2v) is 5.83. The number of nitro groups is 2. The van der Waals surface area contributed by atoms with Crippen LogP contribution in [-0.4, -0.2) is 29.3 Å². The van der Waals surface area contributed by atoms with Crippen molar-refractivity contribution < 1.29 is 19.3 Å². The molecule has 0 heterocycles. The zero-order valence-electron chi connectivity index (χ0n) is 15.6. The smallest absolute Gasteiger partial charge is 0.301 e. The number of anilines is 1. The summed E-state index contributed by atoms with van der Waals surface area (Å²) in [6, 6.07) is 8.50. The van der Waals surface area contributed by atoms with Crippen molar-refractivity contribution in [1.29, 1.82) is 0 Å². The molecule has 148 valence electrons. The predicted octanol–water partition coefficient (Wildman–Crippen LogP) is 4.13. The Bertz CT molecular complexity index is 900. The molecule has 0 saturated heterocycles. The summed E-state index contributed by atoms with van der Waals surface area (Å²) in [6.07, 6.45) is 2.34. The first-order valence-electron chi connectivity index (χ1n) is 8.42. The van der Waals surface area contributed by atoms with Crippen LogP contribution in [0.3, 0.4) is 0 Å². The number of hydrogen-bond donors (Lipinski definition) is 1. The Morgan fingerprint density at radius 3 is 2.50 bits per heavy atom. The van der Waals surface area contributed by atoms with Crippen LogP contribution in [0.5, 0.6) is 11.5 Å². The van der Waals surface area contributed by atoms with E-state index in [-0.39, 0.29) is 17.5 Å². The highest BCUT2D eigenvalue weighted by Gasteiger charge is 2.19. The summed E-state index contributed by atoms with van der Waals surface area (Å²) in [5.74, 6) is 1.14. The van der Waals surface area contributed by atoms with E-state index in [1.807, 2.05) is 13.8 Å². The van der Waals surface area contributed by atoms with E-state index in [1.54, 1.807) is 18.2 Å². The molecule has 0 bridgehead atoms. The van der Waals surface area contributed by atoms with Gasteiger partial charge in [0, 0.05) is 6.07 Å². The maximum Gasteiger partial charge on any atom is 0.301 e. The van der Waals surface area contributed by atoms with Gasteiger partial charge < -0.3 is 9.47 Å². The molecule has 0 aliphatic heterocycles. The molecule has 0 aliphatic rings. The molecule has 0 spiro atoms. The van der Waals surface area contributed by atoms with Gasteiger partial charge in [0.2, 0.25) is 0 Å². The number of ether oxygens (including phenoxy) is 2. The molecule has 10 nitrogen and oxygen atoms in total. The Morgan fingerprint density at radius 1 is 1.14 bits per heavy atom. The first kappa shape index (κ1) is 20.6. The highest BCUT2D eigenvalue weighted by molar-refractivity contribution is 5.82. The second-order valence-electron chi connectivity index (χ2n) is 5.83. The fourth-order valence-electron chi connectivity index (χ4n) is 2.22. The third-order valence-electron chi connectivity index (χ3n) is 3.88. The zero-order chi connectivity index (χ0) is 20.7. The average Bonchev–Trinajstić information content (AvgIpc) is 2.68. The topological polar surface area (TPSA) is 129 Å². The maximum atomic E-state index is 11.1. The SMILES string of the molecule is CC[C@H](C)Oc1ccc(/C=N/Nc2ccc([N+](=O)[O-])cc2[N+](=O)[O-])cc1OC. The van der Waals surface area contributed by atoms with Crippen molar-refractivity contribution in [3.63, 3.8) is 0 Å². The number of hydrazone groups is 1. The number of nitrogens with one attached hydrogen (secondary N) is 1. The van der Waals surface area contributed by atoms with Crippen LogP contribution < -0.4 is 14.9 Å². The van der Waals surface area contributed by atoms with Crippen molar-refractivity contribution in [1.82, 2.24) is 0 Å². The van der Waals surface area contributed by atoms with E-state index >= 15 is 0 Å². The lowest BCUT2D eigenvalue weighted by Gasteiger charge is -2.15. The van der Waals surface area contributed by atoms with Crippen molar-refractivity contribution in [2.24, 2.45) is 5.10 Å². The van der Waals surface area contributed by atoms with Gasteiger partial charge >= 0.3 is 5.69 Å². The van der Waals surface area contributed by atoms with E-state index in [2.05, 4.69) is 10.5 Å². The molecular weight excluding hydrogens is 368 g/mol. The summed E-state index contributed by atoms with van der Waals surface area (Å²) in [7, 11) is 1.53. The van der Waals surface area contributed by atoms with Gasteiger partial charge in [-0.05, 0) is 43.2 Å². The summed E-state index contributed by atoms with van der Waals surface area (Å²) in [4.78, 5) is 20.5. The monoisotopic (exact) mass is 388 g/mol. The third-order valence-corrected chi connectivity index (χ3v) is 3.88. The van der Waals surface area contributed by atoms with Crippen LogP contribution in [0.25, 0.3) is 0 Å². The Morgan fingerprint density at radius 2 is 1.89 bits per heavy atom. The number of rotatable bonds is 9. The minimum atomic E-state index is -0.713. The standard InChI is InChI=1S/C18H20N4O6/c1-4-12(2)28-17-8-5-13(9-18(17)27-3)11-19-20-15-7-6-14(21(23)24)10-16(15)22(25)26/h5-12,20H,4H2,1-3H3/b19-11+/t12-/m0/s1. The van der Waals surface area contributed by atoms with Crippen LogP contribution in [0, 0.1) is 20.2 Å². The fraction of sp³-hybridized carbons (Fsp3) is 0.278. The van der Waals surface area contributed by atoms with Crippen LogP contribution in [-0.2, 0) is 0 Å². The summed E-state index contributed by atoms with van der Waals surface area (Å²) in [5.41, 5.74) is 2.43. The molecule has 0 saturated carbocycles. The quantitative estimate of drug-likeness (QED) is 0.388. The Labute approximate surface area is 161 Å². The number of methoxy groups -OCH3 is 1. The van der Waals surface area contributed by atoms with Crippen molar-refractivity contribution in [3.8, 4) is 11.5 Å². The highest BCUT2D eigenvalue weighted by atomic mass is 16.6. The molecule has 28 heavy (non-hydrogen) atoms. The van der Waals surface area contributed by atoms with E-state index < -0.39 is 15.5 Å². The minimum absolute atomic E-state index is 0.0375. The molecular formula is C18H20N4O6. The summed E-state index contributed by atoms with van der Waals surface area (Å²) in [6.45, 7) is 3.97. The normalized spacial score (nSPS) is 11.8. The highest BCUT2D eigenvalue weighted by Crippen LogP contribution is 2.30. The van der Waals surface area contributed by atoms with E-state index in [0.29, 0.717) is 17.1 Å². The lowest BCUT2D eigenvalue weighted by Crippen LogP contribution is -2.10. The molecule has 0 aromatic heterocycles. The summed E-state index contributed by atoms with van der Waals surface area (Å²) in [5, 5.41) is 25.9. The van der Waals surface area contributed by atoms with Gasteiger partial charge in [-0.3, -0.25) is 25.7 Å². The largest absolute Gasteiger partial charge is 0.493 e.